The molecule has 33 heavy (non-hydrogen) atoms. The van der Waals surface area contributed by atoms with Gasteiger partial charge in [-0.25, -0.2) is 0 Å². The third kappa shape index (κ3) is 5.54. The number of carbonyl (C=O) groups is 1. The molecule has 0 aliphatic rings. The van der Waals surface area contributed by atoms with E-state index in [1.165, 1.54) is 10.9 Å². The smallest absolute Gasteiger partial charge is 0.266 e. The standard InChI is InChI=1S/C22H16Cl3N5O2S/c1-12(32-20-8-7-13(23)9-16(20)25)21(31)27-22(33)26-17-11-19-18(10-15(17)24)28-30(29-19)14-5-3-2-4-6-14/h2-12H,1H3,(H2,26,27,31,33). The first-order valence-corrected chi connectivity index (χ1v) is 11.2. The van der Waals surface area contributed by atoms with E-state index in [1.54, 1.807) is 31.2 Å². The highest BCUT2D eigenvalue weighted by molar-refractivity contribution is 7.80. The van der Waals surface area contributed by atoms with Gasteiger partial charge in [0.15, 0.2) is 11.2 Å². The van der Waals surface area contributed by atoms with E-state index in [0.717, 1.165) is 5.69 Å². The summed E-state index contributed by atoms with van der Waals surface area (Å²) in [5.41, 5.74) is 2.51. The van der Waals surface area contributed by atoms with Gasteiger partial charge in [0, 0.05) is 5.02 Å². The molecule has 168 valence electrons. The highest BCUT2D eigenvalue weighted by Crippen LogP contribution is 2.29. The van der Waals surface area contributed by atoms with E-state index < -0.39 is 12.0 Å². The maximum Gasteiger partial charge on any atom is 0.266 e. The number of benzene rings is 3. The average molecular weight is 521 g/mol. The summed E-state index contributed by atoms with van der Waals surface area (Å²) in [4.78, 5) is 14.0. The molecule has 0 fully saturated rings. The number of nitrogens with one attached hydrogen (secondary N) is 2. The van der Waals surface area contributed by atoms with Crippen molar-refractivity contribution in [3.63, 3.8) is 0 Å². The monoisotopic (exact) mass is 519 g/mol. The van der Waals surface area contributed by atoms with Crippen molar-refractivity contribution in [1.82, 2.24) is 20.3 Å². The molecule has 0 radical (unpaired) electrons. The van der Waals surface area contributed by atoms with Crippen molar-refractivity contribution in [1.29, 1.82) is 0 Å². The molecule has 1 aromatic heterocycles. The van der Waals surface area contributed by atoms with Gasteiger partial charge in [-0.3, -0.25) is 10.1 Å². The number of hydrogen-bond donors (Lipinski definition) is 2. The van der Waals surface area contributed by atoms with E-state index in [2.05, 4.69) is 20.8 Å². The second-order valence-corrected chi connectivity index (χ2v) is 8.58. The number of carbonyl (C=O) groups excluding carboxylic acids is 1. The van der Waals surface area contributed by atoms with Crippen molar-refractivity contribution in [3.8, 4) is 11.4 Å². The van der Waals surface area contributed by atoms with Crippen LogP contribution >= 0.6 is 47.0 Å². The number of thiocarbonyl (C=S) groups is 1. The third-order valence-corrected chi connectivity index (χ3v) is 5.56. The van der Waals surface area contributed by atoms with Gasteiger partial charge in [0.2, 0.25) is 0 Å². The predicted octanol–water partition coefficient (Wildman–Crippen LogP) is 5.66. The van der Waals surface area contributed by atoms with Crippen LogP contribution in [0, 0.1) is 0 Å². The van der Waals surface area contributed by atoms with Crippen molar-refractivity contribution in [2.75, 3.05) is 5.32 Å². The van der Waals surface area contributed by atoms with Gasteiger partial charge in [0.25, 0.3) is 5.91 Å². The Bertz CT molecular complexity index is 1350. The van der Waals surface area contributed by atoms with Gasteiger partial charge in [-0.15, -0.1) is 10.2 Å². The summed E-state index contributed by atoms with van der Waals surface area (Å²) in [6.07, 6.45) is -0.868. The van der Waals surface area contributed by atoms with Gasteiger partial charge in [0.05, 0.1) is 21.4 Å². The van der Waals surface area contributed by atoms with E-state index in [1.807, 2.05) is 30.3 Å². The highest BCUT2D eigenvalue weighted by Gasteiger charge is 2.18. The number of anilines is 1. The van der Waals surface area contributed by atoms with E-state index in [0.29, 0.717) is 37.5 Å². The minimum atomic E-state index is -0.868. The Morgan fingerprint density at radius 2 is 1.70 bits per heavy atom. The molecule has 0 aliphatic carbocycles. The summed E-state index contributed by atoms with van der Waals surface area (Å²) in [7, 11) is 0. The lowest BCUT2D eigenvalue weighted by Crippen LogP contribution is -2.42. The molecule has 1 heterocycles. The Morgan fingerprint density at radius 1 is 1.00 bits per heavy atom. The van der Waals surface area contributed by atoms with Crippen LogP contribution in [0.2, 0.25) is 15.1 Å². The normalized spacial score (nSPS) is 11.8. The zero-order valence-corrected chi connectivity index (χ0v) is 20.1. The molecule has 7 nitrogen and oxygen atoms in total. The van der Waals surface area contributed by atoms with Gasteiger partial charge in [-0.2, -0.15) is 4.80 Å². The van der Waals surface area contributed by atoms with Crippen LogP contribution in [0.15, 0.2) is 60.7 Å². The lowest BCUT2D eigenvalue weighted by atomic mass is 10.3. The molecule has 0 aliphatic heterocycles. The van der Waals surface area contributed by atoms with Gasteiger partial charge in [-0.05, 0) is 61.6 Å². The number of para-hydroxylation sites is 1. The summed E-state index contributed by atoms with van der Waals surface area (Å²) in [5, 5.41) is 15.6. The first-order valence-electron chi connectivity index (χ1n) is 9.66. The molecule has 1 amide bonds. The molecule has 0 bridgehead atoms. The third-order valence-electron chi connectivity index (χ3n) is 4.51. The van der Waals surface area contributed by atoms with Crippen molar-refractivity contribution in [3.05, 3.63) is 75.7 Å². The molecule has 0 saturated carbocycles. The molecule has 2 N–H and O–H groups in total. The fraction of sp³-hybridized carbons (Fsp3) is 0.0909. The summed E-state index contributed by atoms with van der Waals surface area (Å²) in [5.74, 6) is -0.136. The fourth-order valence-corrected chi connectivity index (χ4v) is 3.76. The van der Waals surface area contributed by atoms with Crippen LogP contribution in [0.25, 0.3) is 16.7 Å². The second-order valence-electron chi connectivity index (χ2n) is 6.92. The van der Waals surface area contributed by atoms with Crippen LogP contribution in [-0.4, -0.2) is 32.1 Å². The number of amides is 1. The maximum atomic E-state index is 12.5. The molecule has 0 saturated heterocycles. The zero-order valence-electron chi connectivity index (χ0n) is 17.1. The van der Waals surface area contributed by atoms with Crippen LogP contribution in [-0.2, 0) is 4.79 Å². The molecule has 11 heteroatoms. The quantitative estimate of drug-likeness (QED) is 0.331. The van der Waals surface area contributed by atoms with Gasteiger partial charge in [0.1, 0.15) is 16.8 Å². The largest absolute Gasteiger partial charge is 0.479 e. The Labute approximate surface area is 209 Å². The molecule has 1 atom stereocenters. The number of hydrogen-bond acceptors (Lipinski definition) is 5. The van der Waals surface area contributed by atoms with E-state index in [4.69, 9.17) is 51.8 Å². The highest BCUT2D eigenvalue weighted by atomic mass is 35.5. The lowest BCUT2D eigenvalue weighted by molar-refractivity contribution is -0.125. The number of fused-ring (bicyclic) bond motifs is 1. The SMILES string of the molecule is CC(Oc1ccc(Cl)cc1Cl)C(=O)NC(=S)Nc1cc2nn(-c3ccccc3)nc2cc1Cl. The van der Waals surface area contributed by atoms with Crippen molar-refractivity contribution in [2.24, 2.45) is 0 Å². The van der Waals surface area contributed by atoms with E-state index >= 15 is 0 Å². The van der Waals surface area contributed by atoms with Gasteiger partial charge >= 0.3 is 0 Å². The van der Waals surface area contributed by atoms with Crippen molar-refractivity contribution in [2.45, 2.75) is 13.0 Å². The van der Waals surface area contributed by atoms with Crippen LogP contribution in [0.4, 0.5) is 5.69 Å². The Hall–Kier alpha value is -2.91. The van der Waals surface area contributed by atoms with E-state index in [9.17, 15) is 4.79 Å². The molecule has 4 aromatic rings. The molecule has 0 spiro atoms. The zero-order chi connectivity index (χ0) is 23.5. The minimum Gasteiger partial charge on any atom is -0.479 e. The Balaban J connectivity index is 1.43. The first kappa shape index (κ1) is 23.3. The maximum absolute atomic E-state index is 12.5. The molecule has 3 aromatic carbocycles. The summed E-state index contributed by atoms with van der Waals surface area (Å²) in [6, 6.07) is 17.6. The summed E-state index contributed by atoms with van der Waals surface area (Å²) >= 11 is 23.6. The van der Waals surface area contributed by atoms with Gasteiger partial charge in [-0.1, -0.05) is 53.0 Å². The van der Waals surface area contributed by atoms with Gasteiger partial charge < -0.3 is 10.1 Å². The van der Waals surface area contributed by atoms with Crippen LogP contribution in [0.1, 0.15) is 6.92 Å². The molecular weight excluding hydrogens is 505 g/mol. The number of rotatable bonds is 5. The molecule has 4 rings (SSSR count). The summed E-state index contributed by atoms with van der Waals surface area (Å²) < 4.78 is 5.60. The van der Waals surface area contributed by atoms with Crippen molar-refractivity contribution < 1.29 is 9.53 Å². The molecule has 1 unspecified atom stereocenters. The topological polar surface area (TPSA) is 81.1 Å². The first-order chi connectivity index (χ1) is 15.8. The number of nitrogens with zero attached hydrogens (tertiary/aromatic N) is 3. The van der Waals surface area contributed by atoms with Crippen LogP contribution < -0.4 is 15.4 Å². The summed E-state index contributed by atoms with van der Waals surface area (Å²) in [6.45, 7) is 1.57. The average Bonchev–Trinajstić information content (AvgIpc) is 3.19. The lowest BCUT2D eigenvalue weighted by Gasteiger charge is -2.17. The Morgan fingerprint density at radius 3 is 2.39 bits per heavy atom. The fourth-order valence-electron chi connectivity index (χ4n) is 2.89. The second kappa shape index (κ2) is 9.93. The Kier molecular flexibility index (Phi) is 6.99. The molecular formula is C22H16Cl3N5O2S. The number of aromatic nitrogens is 3. The number of halogens is 3. The van der Waals surface area contributed by atoms with Crippen LogP contribution in [0.3, 0.4) is 0 Å². The number of ether oxygens (including phenoxy) is 1. The van der Waals surface area contributed by atoms with E-state index in [-0.39, 0.29) is 5.11 Å². The van der Waals surface area contributed by atoms with Crippen LogP contribution in [0.5, 0.6) is 5.75 Å². The van der Waals surface area contributed by atoms with Crippen molar-refractivity contribution >= 4 is 74.8 Å². The minimum absolute atomic E-state index is 0.0503. The predicted molar refractivity (Wildman–Crippen MR) is 135 cm³/mol.